The summed E-state index contributed by atoms with van der Waals surface area (Å²) in [5.74, 6) is 0.126. The number of benzene rings is 1. The first-order valence-corrected chi connectivity index (χ1v) is 14.8. The fraction of sp³-hybridized carbons (Fsp3) is 0.423. The molecule has 0 saturated heterocycles. The van der Waals surface area contributed by atoms with Crippen LogP contribution in [0.15, 0.2) is 52.3 Å². The van der Waals surface area contributed by atoms with Gasteiger partial charge in [0.1, 0.15) is 0 Å². The van der Waals surface area contributed by atoms with Crippen molar-refractivity contribution in [3.8, 4) is 0 Å². The van der Waals surface area contributed by atoms with E-state index in [1.54, 1.807) is 18.2 Å². The molecule has 1 aliphatic heterocycles. The molecule has 0 radical (unpaired) electrons. The fourth-order valence-corrected chi connectivity index (χ4v) is 6.50. The molecule has 1 aromatic carbocycles. The second kappa shape index (κ2) is 9.57. The lowest BCUT2D eigenvalue weighted by Gasteiger charge is -2.27. The number of carbonyl (C=O) groups excluding carboxylic acids is 1. The molecule has 2 aliphatic rings. The molecular weight excluding hydrogens is 496 g/mol. The average molecular weight is 527 g/mol. The van der Waals surface area contributed by atoms with Gasteiger partial charge in [0, 0.05) is 42.5 Å². The lowest BCUT2D eigenvalue weighted by atomic mass is 10.0. The summed E-state index contributed by atoms with van der Waals surface area (Å²) >= 11 is 1.49. The van der Waals surface area contributed by atoms with Crippen LogP contribution in [0.25, 0.3) is 0 Å². The van der Waals surface area contributed by atoms with E-state index in [4.69, 9.17) is 4.98 Å². The first-order valence-electron chi connectivity index (χ1n) is 12.1. The van der Waals surface area contributed by atoms with Crippen molar-refractivity contribution in [1.82, 2.24) is 14.5 Å². The fourth-order valence-electron chi connectivity index (χ4n) is 4.83. The van der Waals surface area contributed by atoms with Gasteiger partial charge in [0.25, 0.3) is 5.56 Å². The van der Waals surface area contributed by atoms with Gasteiger partial charge >= 0.3 is 0 Å². The molecule has 10 heteroatoms. The number of nitrogens with one attached hydrogen (secondary N) is 1. The minimum atomic E-state index is -3.27. The number of pyridine rings is 1. The Morgan fingerprint density at radius 1 is 1.17 bits per heavy atom. The third-order valence-corrected chi connectivity index (χ3v) is 8.78. The molecule has 1 fully saturated rings. The number of anilines is 1. The van der Waals surface area contributed by atoms with Crippen molar-refractivity contribution in [3.63, 3.8) is 0 Å². The molecule has 0 bridgehead atoms. The highest BCUT2D eigenvalue weighted by molar-refractivity contribution is 7.90. The largest absolute Gasteiger partial charge is 0.312 e. The number of rotatable bonds is 8. The van der Waals surface area contributed by atoms with Crippen LogP contribution in [0, 0.1) is 5.92 Å². The summed E-state index contributed by atoms with van der Waals surface area (Å²) in [4.78, 5) is 33.6. The zero-order valence-electron chi connectivity index (χ0n) is 20.6. The predicted octanol–water partition coefficient (Wildman–Crippen LogP) is 3.94. The molecule has 1 aliphatic carbocycles. The van der Waals surface area contributed by atoms with Crippen LogP contribution in [-0.4, -0.2) is 35.0 Å². The van der Waals surface area contributed by atoms with E-state index in [2.05, 4.69) is 24.1 Å². The Balaban J connectivity index is 1.25. The minimum absolute atomic E-state index is 0.0687. The van der Waals surface area contributed by atoms with Crippen LogP contribution in [0.3, 0.4) is 0 Å². The summed E-state index contributed by atoms with van der Waals surface area (Å²) in [5, 5.41) is 3.49. The maximum absolute atomic E-state index is 12.6. The molecule has 36 heavy (non-hydrogen) atoms. The van der Waals surface area contributed by atoms with Gasteiger partial charge in [0.2, 0.25) is 5.91 Å². The van der Waals surface area contributed by atoms with Crippen LogP contribution in [0.1, 0.15) is 60.5 Å². The topological polar surface area (TPSA) is 101 Å². The Hall–Kier alpha value is -2.82. The summed E-state index contributed by atoms with van der Waals surface area (Å²) in [7, 11) is -3.27. The Kier molecular flexibility index (Phi) is 6.61. The molecule has 1 saturated carbocycles. The quantitative estimate of drug-likeness (QED) is 0.477. The van der Waals surface area contributed by atoms with Gasteiger partial charge in [-0.15, -0.1) is 11.3 Å². The van der Waals surface area contributed by atoms with E-state index in [1.807, 2.05) is 16.8 Å². The molecule has 0 spiro atoms. The van der Waals surface area contributed by atoms with Crippen LogP contribution >= 0.6 is 11.3 Å². The number of fused-ring (bicyclic) bond motifs is 1. The van der Waals surface area contributed by atoms with Crippen molar-refractivity contribution >= 4 is 32.2 Å². The van der Waals surface area contributed by atoms with Crippen LogP contribution in [0.2, 0.25) is 0 Å². The predicted molar refractivity (Wildman–Crippen MR) is 140 cm³/mol. The van der Waals surface area contributed by atoms with Gasteiger partial charge in [0.05, 0.1) is 23.1 Å². The SMILES string of the molecule is CC(C)[C@H]1c2nc(NC(=O)Cc3ccc(S(C)(=O)=O)cc3)sc2CN1Cc1ccn(C2CC2)c(=O)c1. The van der Waals surface area contributed by atoms with E-state index in [0.717, 1.165) is 47.3 Å². The first-order chi connectivity index (χ1) is 17.1. The van der Waals surface area contributed by atoms with Gasteiger partial charge < -0.3 is 9.88 Å². The second-order valence-electron chi connectivity index (χ2n) is 10.1. The highest BCUT2D eigenvalue weighted by Crippen LogP contribution is 2.43. The van der Waals surface area contributed by atoms with Gasteiger partial charge in [-0.05, 0) is 48.1 Å². The van der Waals surface area contributed by atoms with Crippen molar-refractivity contribution in [2.24, 2.45) is 5.92 Å². The monoisotopic (exact) mass is 526 g/mol. The van der Waals surface area contributed by atoms with Gasteiger partial charge in [-0.3, -0.25) is 14.5 Å². The normalized spacial score (nSPS) is 17.9. The maximum Gasteiger partial charge on any atom is 0.251 e. The van der Waals surface area contributed by atoms with Crippen molar-refractivity contribution in [2.75, 3.05) is 11.6 Å². The number of nitrogens with zero attached hydrogens (tertiary/aromatic N) is 3. The number of thiazole rings is 1. The zero-order valence-corrected chi connectivity index (χ0v) is 22.2. The molecular formula is C26H30N4O4S2. The van der Waals surface area contributed by atoms with Crippen LogP contribution in [0.4, 0.5) is 5.13 Å². The number of carbonyl (C=O) groups is 1. The smallest absolute Gasteiger partial charge is 0.251 e. The van der Waals surface area contributed by atoms with Crippen molar-refractivity contribution in [3.05, 3.63) is 74.6 Å². The number of sulfone groups is 1. The van der Waals surface area contributed by atoms with Crippen molar-refractivity contribution < 1.29 is 13.2 Å². The van der Waals surface area contributed by atoms with Gasteiger partial charge in [-0.2, -0.15) is 0 Å². The summed E-state index contributed by atoms with van der Waals surface area (Å²) in [5.41, 5.74) is 2.81. The standard InChI is InChI=1S/C26H30N4O4S2/c1-16(2)25-24-21(15-29(25)14-18-10-11-30(19-6-7-19)23(32)13-18)35-26(28-24)27-22(31)12-17-4-8-20(9-5-17)36(3,33)34/h4-5,8-11,13,16,19,25H,6-7,12,14-15H2,1-3H3,(H,27,28,31)/t25-/m0/s1. The number of hydrogen-bond donors (Lipinski definition) is 1. The molecule has 5 rings (SSSR count). The average Bonchev–Trinajstić information content (AvgIpc) is 3.47. The molecule has 190 valence electrons. The Bertz CT molecular complexity index is 1450. The minimum Gasteiger partial charge on any atom is -0.312 e. The first kappa shape index (κ1) is 24.9. The third kappa shape index (κ3) is 5.30. The highest BCUT2D eigenvalue weighted by atomic mass is 32.2. The van der Waals surface area contributed by atoms with Gasteiger partial charge in [0.15, 0.2) is 15.0 Å². The summed E-state index contributed by atoms with van der Waals surface area (Å²) in [6.45, 7) is 5.73. The van der Waals surface area contributed by atoms with Crippen LogP contribution < -0.4 is 10.9 Å². The van der Waals surface area contributed by atoms with Crippen LogP contribution in [-0.2, 0) is 34.1 Å². The Labute approximate surface area is 214 Å². The maximum atomic E-state index is 12.6. The van der Waals surface area contributed by atoms with Crippen molar-refractivity contribution in [2.45, 2.75) is 63.2 Å². The van der Waals surface area contributed by atoms with E-state index >= 15 is 0 Å². The van der Waals surface area contributed by atoms with Crippen LogP contribution in [0.5, 0.6) is 0 Å². The lowest BCUT2D eigenvalue weighted by Crippen LogP contribution is -2.27. The van der Waals surface area contributed by atoms with E-state index in [1.165, 1.54) is 23.5 Å². The number of aromatic nitrogens is 2. The van der Waals surface area contributed by atoms with Gasteiger partial charge in [-0.25, -0.2) is 13.4 Å². The Morgan fingerprint density at radius 2 is 1.89 bits per heavy atom. The molecule has 3 heterocycles. The summed E-state index contributed by atoms with van der Waals surface area (Å²) < 4.78 is 25.1. The molecule has 0 unspecified atom stereocenters. The molecule has 2 aromatic heterocycles. The van der Waals surface area contributed by atoms with Gasteiger partial charge in [-0.1, -0.05) is 26.0 Å². The summed E-state index contributed by atoms with van der Waals surface area (Å²) in [6.07, 6.45) is 5.39. The van der Waals surface area contributed by atoms with E-state index in [9.17, 15) is 18.0 Å². The Morgan fingerprint density at radius 3 is 2.50 bits per heavy atom. The lowest BCUT2D eigenvalue weighted by molar-refractivity contribution is -0.115. The second-order valence-corrected chi connectivity index (χ2v) is 13.2. The number of amides is 1. The van der Waals surface area contributed by atoms with E-state index < -0.39 is 9.84 Å². The highest BCUT2D eigenvalue weighted by Gasteiger charge is 2.36. The molecule has 1 N–H and O–H groups in total. The third-order valence-electron chi connectivity index (χ3n) is 6.68. The zero-order chi connectivity index (χ0) is 25.6. The molecule has 3 aromatic rings. The number of hydrogen-bond acceptors (Lipinski definition) is 7. The molecule has 1 atom stereocenters. The van der Waals surface area contributed by atoms with E-state index in [-0.39, 0.29) is 28.8 Å². The summed E-state index contributed by atoms with van der Waals surface area (Å²) in [6, 6.07) is 10.6. The molecule has 1 amide bonds. The van der Waals surface area contributed by atoms with E-state index in [0.29, 0.717) is 23.6 Å². The molecule has 8 nitrogen and oxygen atoms in total. The van der Waals surface area contributed by atoms with Crippen molar-refractivity contribution in [1.29, 1.82) is 0 Å².